The number of ether oxygens (including phenoxy) is 1. The molecule has 0 bridgehead atoms. The lowest BCUT2D eigenvalue weighted by Gasteiger charge is -2.33. The molecule has 5 heteroatoms. The Bertz CT molecular complexity index is 561. The molecule has 1 aromatic rings. The van der Waals surface area contributed by atoms with Gasteiger partial charge in [-0.2, -0.15) is 0 Å². The van der Waals surface area contributed by atoms with Gasteiger partial charge in [0.15, 0.2) is 0 Å². The molecule has 0 aromatic heterocycles. The van der Waals surface area contributed by atoms with Crippen molar-refractivity contribution in [1.29, 1.82) is 0 Å². The van der Waals surface area contributed by atoms with Gasteiger partial charge in [-0.05, 0) is 43.5 Å². The van der Waals surface area contributed by atoms with E-state index in [0.717, 1.165) is 34.4 Å². The van der Waals surface area contributed by atoms with Gasteiger partial charge in [0.25, 0.3) is 5.91 Å². The third kappa shape index (κ3) is 2.86. The van der Waals surface area contributed by atoms with Gasteiger partial charge >= 0.3 is 0 Å². The number of carbonyl (C=O) groups is 2. The fourth-order valence-corrected chi connectivity index (χ4v) is 2.80. The number of benzene rings is 1. The molecule has 1 aromatic carbocycles. The van der Waals surface area contributed by atoms with Gasteiger partial charge in [-0.3, -0.25) is 9.59 Å². The highest BCUT2D eigenvalue weighted by molar-refractivity contribution is 5.96. The molecule has 1 saturated heterocycles. The number of aryl methyl sites for hydroxylation is 1. The third-order valence-corrected chi connectivity index (χ3v) is 4.21. The van der Waals surface area contributed by atoms with Gasteiger partial charge < -0.3 is 14.5 Å². The van der Waals surface area contributed by atoms with Gasteiger partial charge in [-0.25, -0.2) is 0 Å². The minimum Gasteiger partial charge on any atom is -0.496 e. The minimum atomic E-state index is 0.0342. The van der Waals surface area contributed by atoms with Crippen LogP contribution < -0.4 is 4.74 Å². The Morgan fingerprint density at radius 1 is 1.14 bits per heavy atom. The van der Waals surface area contributed by atoms with Gasteiger partial charge in [0.1, 0.15) is 5.75 Å². The number of hydrogen-bond acceptors (Lipinski definition) is 3. The summed E-state index contributed by atoms with van der Waals surface area (Å²) in [6, 6.07) is 1.90. The Morgan fingerprint density at radius 2 is 1.76 bits per heavy atom. The quantitative estimate of drug-likeness (QED) is 0.793. The smallest absolute Gasteiger partial charge is 0.254 e. The zero-order valence-corrected chi connectivity index (χ0v) is 13.1. The molecule has 0 unspecified atom stereocenters. The van der Waals surface area contributed by atoms with Crippen molar-refractivity contribution in [1.82, 2.24) is 9.80 Å². The van der Waals surface area contributed by atoms with E-state index in [0.29, 0.717) is 26.2 Å². The molecule has 0 saturated carbocycles. The van der Waals surface area contributed by atoms with Crippen LogP contribution in [0.25, 0.3) is 0 Å². The second-order valence-electron chi connectivity index (χ2n) is 5.46. The number of nitrogens with zero attached hydrogens (tertiary/aromatic N) is 2. The van der Waals surface area contributed by atoms with E-state index >= 15 is 0 Å². The van der Waals surface area contributed by atoms with E-state index < -0.39 is 0 Å². The largest absolute Gasteiger partial charge is 0.496 e. The minimum absolute atomic E-state index is 0.0342. The highest BCUT2D eigenvalue weighted by atomic mass is 16.5. The summed E-state index contributed by atoms with van der Waals surface area (Å²) >= 11 is 0. The van der Waals surface area contributed by atoms with E-state index in [4.69, 9.17) is 4.74 Å². The average molecular weight is 290 g/mol. The molecule has 114 valence electrons. The molecule has 1 aliphatic rings. The topological polar surface area (TPSA) is 49.9 Å². The second-order valence-corrected chi connectivity index (χ2v) is 5.46. The molecule has 0 N–H and O–H groups in total. The molecular formula is C16H22N2O3. The SMILES string of the molecule is COc1c(C)cc(C(=O)N2CCN(C=O)CC2)c(C)c1C. The Labute approximate surface area is 125 Å². The molecule has 2 rings (SSSR count). The van der Waals surface area contributed by atoms with E-state index in [1.54, 1.807) is 12.0 Å². The molecule has 1 aliphatic heterocycles. The number of piperazine rings is 1. The van der Waals surface area contributed by atoms with Crippen LogP contribution in [-0.2, 0) is 4.79 Å². The standard InChI is InChI=1S/C16H22N2O3/c1-11-9-14(12(2)13(3)15(11)21-4)16(20)18-7-5-17(10-19)6-8-18/h9-10H,5-8H2,1-4H3. The molecule has 0 atom stereocenters. The molecule has 21 heavy (non-hydrogen) atoms. The number of carbonyl (C=O) groups excluding carboxylic acids is 2. The van der Waals surface area contributed by atoms with Crippen molar-refractivity contribution < 1.29 is 14.3 Å². The van der Waals surface area contributed by atoms with Crippen molar-refractivity contribution in [3.05, 3.63) is 28.3 Å². The normalized spacial score (nSPS) is 15.0. The van der Waals surface area contributed by atoms with Gasteiger partial charge in [0, 0.05) is 31.7 Å². The summed E-state index contributed by atoms with van der Waals surface area (Å²) in [4.78, 5) is 26.9. The van der Waals surface area contributed by atoms with Crippen molar-refractivity contribution in [3.63, 3.8) is 0 Å². The number of methoxy groups -OCH3 is 1. The van der Waals surface area contributed by atoms with Crippen LogP contribution in [0.1, 0.15) is 27.0 Å². The van der Waals surface area contributed by atoms with E-state index in [-0.39, 0.29) is 5.91 Å². The first-order chi connectivity index (χ1) is 9.99. The number of rotatable bonds is 3. The van der Waals surface area contributed by atoms with Crippen molar-refractivity contribution in [2.75, 3.05) is 33.3 Å². The maximum Gasteiger partial charge on any atom is 0.254 e. The predicted octanol–water partition coefficient (Wildman–Crippen LogP) is 1.53. The van der Waals surface area contributed by atoms with Crippen molar-refractivity contribution in [3.8, 4) is 5.75 Å². The highest BCUT2D eigenvalue weighted by Gasteiger charge is 2.24. The third-order valence-electron chi connectivity index (χ3n) is 4.21. The van der Waals surface area contributed by atoms with Gasteiger partial charge in [0.05, 0.1) is 7.11 Å². The molecule has 1 heterocycles. The zero-order valence-electron chi connectivity index (χ0n) is 13.1. The van der Waals surface area contributed by atoms with Crippen LogP contribution in [-0.4, -0.2) is 55.4 Å². The average Bonchev–Trinajstić information content (AvgIpc) is 2.51. The fourth-order valence-electron chi connectivity index (χ4n) is 2.80. The summed E-state index contributed by atoms with van der Waals surface area (Å²) in [6.07, 6.45) is 0.842. The summed E-state index contributed by atoms with van der Waals surface area (Å²) in [5.41, 5.74) is 3.66. The fraction of sp³-hybridized carbons (Fsp3) is 0.500. The van der Waals surface area contributed by atoms with Crippen LogP contribution in [0.2, 0.25) is 0 Å². The van der Waals surface area contributed by atoms with Crippen LogP contribution in [0.4, 0.5) is 0 Å². The van der Waals surface area contributed by atoms with Crippen LogP contribution in [0.5, 0.6) is 5.75 Å². The number of hydrogen-bond donors (Lipinski definition) is 0. The first-order valence-electron chi connectivity index (χ1n) is 7.13. The lowest BCUT2D eigenvalue weighted by molar-refractivity contribution is -0.119. The molecule has 5 nitrogen and oxygen atoms in total. The second kappa shape index (κ2) is 6.16. The van der Waals surface area contributed by atoms with Gasteiger partial charge in [-0.15, -0.1) is 0 Å². The number of amides is 2. The maximum atomic E-state index is 12.7. The van der Waals surface area contributed by atoms with E-state index in [1.165, 1.54) is 0 Å². The molecule has 2 amide bonds. The van der Waals surface area contributed by atoms with E-state index in [1.807, 2.05) is 31.7 Å². The lowest BCUT2D eigenvalue weighted by atomic mass is 9.97. The Balaban J connectivity index is 2.26. The molecule has 1 fully saturated rings. The first kappa shape index (κ1) is 15.4. The van der Waals surface area contributed by atoms with Crippen LogP contribution in [0.3, 0.4) is 0 Å². The van der Waals surface area contributed by atoms with Crippen molar-refractivity contribution in [2.24, 2.45) is 0 Å². The summed E-state index contributed by atoms with van der Waals surface area (Å²) in [5, 5.41) is 0. The molecular weight excluding hydrogens is 268 g/mol. The van der Waals surface area contributed by atoms with Gasteiger partial charge in [-0.1, -0.05) is 0 Å². The lowest BCUT2D eigenvalue weighted by Crippen LogP contribution is -2.48. The van der Waals surface area contributed by atoms with E-state index in [9.17, 15) is 9.59 Å². The Hall–Kier alpha value is -2.04. The van der Waals surface area contributed by atoms with E-state index in [2.05, 4.69) is 0 Å². The van der Waals surface area contributed by atoms with Crippen LogP contribution >= 0.6 is 0 Å². The Morgan fingerprint density at radius 3 is 2.29 bits per heavy atom. The Kier molecular flexibility index (Phi) is 4.50. The van der Waals surface area contributed by atoms with Crippen molar-refractivity contribution in [2.45, 2.75) is 20.8 Å². The molecule has 0 radical (unpaired) electrons. The predicted molar refractivity (Wildman–Crippen MR) is 80.7 cm³/mol. The summed E-state index contributed by atoms with van der Waals surface area (Å²) in [6.45, 7) is 8.24. The summed E-state index contributed by atoms with van der Waals surface area (Å²) < 4.78 is 5.39. The molecule has 0 spiro atoms. The molecule has 0 aliphatic carbocycles. The van der Waals surface area contributed by atoms with Crippen LogP contribution in [0, 0.1) is 20.8 Å². The summed E-state index contributed by atoms with van der Waals surface area (Å²) in [7, 11) is 1.65. The van der Waals surface area contributed by atoms with Gasteiger partial charge in [0.2, 0.25) is 6.41 Å². The maximum absolute atomic E-state index is 12.7. The zero-order chi connectivity index (χ0) is 15.6. The monoisotopic (exact) mass is 290 g/mol. The summed E-state index contributed by atoms with van der Waals surface area (Å²) in [5.74, 6) is 0.877. The first-order valence-corrected chi connectivity index (χ1v) is 7.13. The van der Waals surface area contributed by atoms with Crippen molar-refractivity contribution >= 4 is 12.3 Å². The highest BCUT2D eigenvalue weighted by Crippen LogP contribution is 2.29. The van der Waals surface area contributed by atoms with Crippen LogP contribution in [0.15, 0.2) is 6.07 Å².